The van der Waals surface area contributed by atoms with E-state index in [4.69, 9.17) is 11.6 Å². The van der Waals surface area contributed by atoms with Gasteiger partial charge < -0.3 is 5.32 Å². The van der Waals surface area contributed by atoms with Crippen molar-refractivity contribution >= 4 is 11.6 Å². The number of hydrogen-bond donors (Lipinski definition) is 1. The first-order valence-corrected chi connectivity index (χ1v) is 4.11. The first kappa shape index (κ1) is 11.2. The predicted molar refractivity (Wildman–Crippen MR) is 51.4 cm³/mol. The minimum atomic E-state index is -0.397. The molecule has 0 atom stereocenters. The van der Waals surface area contributed by atoms with Crippen LogP contribution in [-0.2, 0) is 0 Å². The van der Waals surface area contributed by atoms with Gasteiger partial charge in [0, 0.05) is 5.70 Å². The molecule has 0 amide bonds. The van der Waals surface area contributed by atoms with Crippen LogP contribution < -0.4 is 5.32 Å². The highest BCUT2D eigenvalue weighted by molar-refractivity contribution is 6.32. The Labute approximate surface area is 77.6 Å². The molecule has 0 spiro atoms. The molecule has 0 aliphatic heterocycles. The van der Waals surface area contributed by atoms with Gasteiger partial charge in [0.05, 0.1) is 5.03 Å². The third kappa shape index (κ3) is 3.58. The molecule has 0 heterocycles. The summed E-state index contributed by atoms with van der Waals surface area (Å²) in [5, 5.41) is 2.82. The summed E-state index contributed by atoms with van der Waals surface area (Å²) in [5.41, 5.74) is 0.564. The zero-order valence-corrected chi connectivity index (χ0v) is 8.08. The van der Waals surface area contributed by atoms with Gasteiger partial charge in [-0.3, -0.25) is 0 Å². The largest absolute Gasteiger partial charge is 0.365 e. The zero-order chi connectivity index (χ0) is 9.56. The summed E-state index contributed by atoms with van der Waals surface area (Å²) in [7, 11) is 0. The summed E-state index contributed by atoms with van der Waals surface area (Å²) in [6.07, 6.45) is 3.51. The Balaban J connectivity index is 4.52. The fraction of sp³-hybridized carbons (Fsp3) is 0.333. The van der Waals surface area contributed by atoms with Gasteiger partial charge in [-0.15, -0.1) is 0 Å². The molecular formula is C9H13ClFN. The highest BCUT2D eigenvalue weighted by Gasteiger charge is 2.03. The summed E-state index contributed by atoms with van der Waals surface area (Å²) < 4.78 is 13.0. The molecule has 0 rings (SSSR count). The van der Waals surface area contributed by atoms with Crippen molar-refractivity contribution in [2.75, 3.05) is 0 Å². The van der Waals surface area contributed by atoms with E-state index in [1.54, 1.807) is 6.92 Å². The van der Waals surface area contributed by atoms with Gasteiger partial charge in [-0.2, -0.15) is 0 Å². The minimum absolute atomic E-state index is 0.108. The van der Waals surface area contributed by atoms with Crippen LogP contribution >= 0.6 is 11.6 Å². The van der Waals surface area contributed by atoms with Gasteiger partial charge in [-0.05, 0) is 25.6 Å². The number of rotatable bonds is 4. The van der Waals surface area contributed by atoms with Gasteiger partial charge in [-0.1, -0.05) is 25.1 Å². The average molecular weight is 190 g/mol. The smallest absolute Gasteiger partial charge is 0.139 e. The van der Waals surface area contributed by atoms with Crippen molar-refractivity contribution in [2.24, 2.45) is 0 Å². The van der Waals surface area contributed by atoms with E-state index < -0.39 is 5.83 Å². The summed E-state index contributed by atoms with van der Waals surface area (Å²) >= 11 is 5.67. The van der Waals surface area contributed by atoms with E-state index in [2.05, 4.69) is 11.9 Å². The monoisotopic (exact) mass is 189 g/mol. The first-order chi connectivity index (χ1) is 5.63. The lowest BCUT2D eigenvalue weighted by molar-refractivity contribution is 0.652. The van der Waals surface area contributed by atoms with E-state index in [9.17, 15) is 4.39 Å². The zero-order valence-electron chi connectivity index (χ0n) is 7.32. The van der Waals surface area contributed by atoms with Crippen molar-refractivity contribution in [1.29, 1.82) is 0 Å². The predicted octanol–water partition coefficient (Wildman–Crippen LogP) is 3.45. The van der Waals surface area contributed by atoms with Gasteiger partial charge >= 0.3 is 0 Å². The molecule has 3 heteroatoms. The van der Waals surface area contributed by atoms with Gasteiger partial charge in [0.2, 0.25) is 0 Å². The van der Waals surface area contributed by atoms with Crippen LogP contribution in [0, 0.1) is 0 Å². The van der Waals surface area contributed by atoms with Crippen molar-refractivity contribution in [1.82, 2.24) is 5.32 Å². The molecule has 0 saturated heterocycles. The molecule has 1 N–H and O–H groups in total. The Bertz CT molecular complexity index is 219. The number of hydrogen-bond acceptors (Lipinski definition) is 1. The Kier molecular flexibility index (Phi) is 5.47. The second-order valence-corrected chi connectivity index (χ2v) is 2.63. The van der Waals surface area contributed by atoms with Crippen molar-refractivity contribution < 1.29 is 4.39 Å². The molecule has 1 nitrogen and oxygen atoms in total. The molecule has 0 saturated carbocycles. The summed E-state index contributed by atoms with van der Waals surface area (Å²) in [5.74, 6) is -0.397. The lowest BCUT2D eigenvalue weighted by atomic mass is 10.3. The lowest BCUT2D eigenvalue weighted by Crippen LogP contribution is -2.02. The molecule has 0 aromatic rings. The molecule has 0 aromatic carbocycles. The van der Waals surface area contributed by atoms with Crippen molar-refractivity contribution in [3.05, 3.63) is 35.4 Å². The van der Waals surface area contributed by atoms with Crippen LogP contribution in [0.5, 0.6) is 0 Å². The Morgan fingerprint density at radius 3 is 2.67 bits per heavy atom. The van der Waals surface area contributed by atoms with Crippen LogP contribution in [-0.4, -0.2) is 0 Å². The van der Waals surface area contributed by atoms with Crippen LogP contribution in [0.2, 0.25) is 0 Å². The molecule has 0 unspecified atom stereocenters. The van der Waals surface area contributed by atoms with Gasteiger partial charge in [0.25, 0.3) is 0 Å². The standard InChI is InChI=1S/C9H13ClFN/c1-4-6-8(11)9(10)7(3)12-5-2/h5-6,12H,2,4H2,1,3H3/b8-6+,9-7-. The van der Waals surface area contributed by atoms with Gasteiger partial charge in [0.1, 0.15) is 5.83 Å². The number of allylic oxidation sites excluding steroid dienone is 4. The SMILES string of the molecule is C=CN/C(C)=C(Cl)/C(F)=C\CC. The molecular weight excluding hydrogens is 177 g/mol. The van der Waals surface area contributed by atoms with E-state index in [1.165, 1.54) is 12.3 Å². The molecule has 0 aromatic heterocycles. The summed E-state index contributed by atoms with van der Waals surface area (Å²) in [4.78, 5) is 0. The van der Waals surface area contributed by atoms with Crippen LogP contribution in [0.15, 0.2) is 35.4 Å². The number of halogens is 2. The highest BCUT2D eigenvalue weighted by atomic mass is 35.5. The topological polar surface area (TPSA) is 12.0 Å². The van der Waals surface area contributed by atoms with Crippen LogP contribution in [0.25, 0.3) is 0 Å². The molecule has 0 fully saturated rings. The number of nitrogens with one attached hydrogen (secondary N) is 1. The molecule has 0 radical (unpaired) electrons. The molecule has 12 heavy (non-hydrogen) atoms. The Hall–Kier alpha value is -0.760. The minimum Gasteiger partial charge on any atom is -0.365 e. The first-order valence-electron chi connectivity index (χ1n) is 3.73. The molecule has 0 aliphatic rings. The average Bonchev–Trinajstić information content (AvgIpc) is 2.04. The molecule has 68 valence electrons. The van der Waals surface area contributed by atoms with Gasteiger partial charge in [0.15, 0.2) is 0 Å². The Morgan fingerprint density at radius 2 is 2.25 bits per heavy atom. The van der Waals surface area contributed by atoms with E-state index >= 15 is 0 Å². The second-order valence-electron chi connectivity index (χ2n) is 2.25. The van der Waals surface area contributed by atoms with Crippen LogP contribution in [0.3, 0.4) is 0 Å². The third-order valence-electron chi connectivity index (χ3n) is 1.24. The highest BCUT2D eigenvalue weighted by Crippen LogP contribution is 2.19. The fourth-order valence-electron chi connectivity index (χ4n) is 0.664. The van der Waals surface area contributed by atoms with E-state index in [0.717, 1.165) is 0 Å². The Morgan fingerprint density at radius 1 is 1.67 bits per heavy atom. The lowest BCUT2D eigenvalue weighted by Gasteiger charge is -2.02. The van der Waals surface area contributed by atoms with Crippen molar-refractivity contribution in [3.8, 4) is 0 Å². The second kappa shape index (κ2) is 5.84. The van der Waals surface area contributed by atoms with Crippen molar-refractivity contribution in [2.45, 2.75) is 20.3 Å². The fourth-order valence-corrected chi connectivity index (χ4v) is 0.796. The van der Waals surface area contributed by atoms with Crippen LogP contribution in [0.4, 0.5) is 4.39 Å². The van der Waals surface area contributed by atoms with Crippen molar-refractivity contribution in [3.63, 3.8) is 0 Å². The van der Waals surface area contributed by atoms with E-state index in [1.807, 2.05) is 6.92 Å². The molecule has 0 aliphatic carbocycles. The van der Waals surface area contributed by atoms with E-state index in [0.29, 0.717) is 12.1 Å². The normalized spacial score (nSPS) is 13.8. The maximum absolute atomic E-state index is 13.0. The van der Waals surface area contributed by atoms with Gasteiger partial charge in [-0.25, -0.2) is 4.39 Å². The third-order valence-corrected chi connectivity index (χ3v) is 1.70. The quantitative estimate of drug-likeness (QED) is 0.668. The summed E-state index contributed by atoms with van der Waals surface area (Å²) in [6.45, 7) is 6.98. The summed E-state index contributed by atoms with van der Waals surface area (Å²) in [6, 6.07) is 0. The van der Waals surface area contributed by atoms with Crippen LogP contribution in [0.1, 0.15) is 20.3 Å². The maximum Gasteiger partial charge on any atom is 0.139 e. The van der Waals surface area contributed by atoms with E-state index in [-0.39, 0.29) is 5.03 Å². The maximum atomic E-state index is 13.0. The molecule has 0 bridgehead atoms.